The SMILES string of the molecule is COc1ccc(S(=O)(=O)Nc2ccc3n(c2=O)C[C@@H]2C[C@@H]3CN(C(=O)c3ccc(F)cc3)C2)cc1. The lowest BCUT2D eigenvalue weighted by molar-refractivity contribution is 0.0594. The molecule has 0 unspecified atom stereocenters. The maximum atomic E-state index is 13.2. The van der Waals surface area contributed by atoms with Crippen LogP contribution in [0.15, 0.2) is 70.4 Å². The lowest BCUT2D eigenvalue weighted by Gasteiger charge is -2.43. The number of hydrogen-bond acceptors (Lipinski definition) is 5. The molecule has 35 heavy (non-hydrogen) atoms. The number of methoxy groups -OCH3 is 1. The molecule has 182 valence electrons. The van der Waals surface area contributed by atoms with Crippen molar-refractivity contribution in [2.45, 2.75) is 23.8 Å². The second-order valence-corrected chi connectivity index (χ2v) is 10.6. The summed E-state index contributed by atoms with van der Waals surface area (Å²) in [4.78, 5) is 28.0. The monoisotopic (exact) mass is 497 g/mol. The zero-order valence-electron chi connectivity index (χ0n) is 19.0. The molecule has 1 fully saturated rings. The third-order valence-electron chi connectivity index (χ3n) is 6.60. The Balaban J connectivity index is 1.38. The fourth-order valence-corrected chi connectivity index (χ4v) is 5.98. The van der Waals surface area contributed by atoms with Crippen LogP contribution < -0.4 is 15.0 Å². The van der Waals surface area contributed by atoms with Crippen molar-refractivity contribution < 1.29 is 22.3 Å². The van der Waals surface area contributed by atoms with Crippen LogP contribution in [0, 0.1) is 11.7 Å². The number of carbonyl (C=O) groups is 1. The van der Waals surface area contributed by atoms with Gasteiger partial charge in [0.1, 0.15) is 17.3 Å². The average molecular weight is 498 g/mol. The molecule has 3 heterocycles. The normalized spacial score (nSPS) is 19.1. The van der Waals surface area contributed by atoms with E-state index in [0.717, 1.165) is 12.1 Å². The average Bonchev–Trinajstić information content (AvgIpc) is 2.86. The zero-order valence-corrected chi connectivity index (χ0v) is 19.8. The number of piperidine rings is 1. The summed E-state index contributed by atoms with van der Waals surface area (Å²) in [7, 11) is -2.47. The smallest absolute Gasteiger partial charge is 0.275 e. The van der Waals surface area contributed by atoms with E-state index in [1.807, 2.05) is 0 Å². The molecule has 10 heteroatoms. The number of nitrogens with zero attached hydrogens (tertiary/aromatic N) is 2. The lowest BCUT2D eigenvalue weighted by atomic mass is 9.83. The first-order valence-electron chi connectivity index (χ1n) is 11.2. The summed E-state index contributed by atoms with van der Waals surface area (Å²) in [6.07, 6.45) is 0.837. The number of likely N-dealkylation sites (tertiary alicyclic amines) is 1. The molecule has 1 aromatic heterocycles. The van der Waals surface area contributed by atoms with Crippen LogP contribution in [0.4, 0.5) is 10.1 Å². The maximum absolute atomic E-state index is 13.2. The molecule has 1 saturated heterocycles. The van der Waals surface area contributed by atoms with E-state index in [0.29, 0.717) is 30.9 Å². The molecular weight excluding hydrogens is 473 g/mol. The summed E-state index contributed by atoms with van der Waals surface area (Å²) in [5.74, 6) is -0.0388. The summed E-state index contributed by atoms with van der Waals surface area (Å²) in [6.45, 7) is 1.29. The lowest BCUT2D eigenvalue weighted by Crippen LogP contribution is -2.49. The molecule has 2 bridgehead atoms. The van der Waals surface area contributed by atoms with Crippen LogP contribution in [0.3, 0.4) is 0 Å². The fourth-order valence-electron chi connectivity index (χ4n) is 4.92. The summed E-state index contributed by atoms with van der Waals surface area (Å²) in [5, 5.41) is 0. The van der Waals surface area contributed by atoms with Gasteiger partial charge >= 0.3 is 0 Å². The number of pyridine rings is 1. The number of rotatable bonds is 5. The number of anilines is 1. The topological polar surface area (TPSA) is 97.7 Å². The standard InChI is InChI=1S/C25H24FN3O5S/c1-34-20-6-8-21(9-7-20)35(32,33)27-22-10-11-23-18-12-16(14-29(23)25(22)31)13-28(15-18)24(30)17-2-4-19(26)5-3-17/h2-11,16,18,27H,12-15H2,1H3/t16-,18-/m1/s1. The Morgan fingerprint density at radius 1 is 1.00 bits per heavy atom. The second-order valence-electron chi connectivity index (χ2n) is 8.88. The molecule has 0 radical (unpaired) electrons. The number of sulfonamides is 1. The van der Waals surface area contributed by atoms with Gasteiger partial charge in [0.05, 0.1) is 12.0 Å². The Hall–Kier alpha value is -3.66. The first-order valence-corrected chi connectivity index (χ1v) is 12.7. The number of ether oxygens (including phenoxy) is 1. The number of halogens is 1. The van der Waals surface area contributed by atoms with Crippen molar-refractivity contribution in [3.8, 4) is 5.75 Å². The number of carbonyl (C=O) groups excluding carboxylic acids is 1. The summed E-state index contributed by atoms with van der Waals surface area (Å²) >= 11 is 0. The van der Waals surface area contributed by atoms with Crippen molar-refractivity contribution in [1.82, 2.24) is 9.47 Å². The number of aromatic nitrogens is 1. The van der Waals surface area contributed by atoms with Gasteiger partial charge in [0.15, 0.2) is 0 Å². The predicted molar refractivity (Wildman–Crippen MR) is 128 cm³/mol. The molecule has 2 aromatic carbocycles. The molecule has 1 amide bonds. The molecule has 0 aliphatic carbocycles. The molecular formula is C25H24FN3O5S. The molecule has 1 N–H and O–H groups in total. The van der Waals surface area contributed by atoms with Gasteiger partial charge in [-0.3, -0.25) is 14.3 Å². The van der Waals surface area contributed by atoms with Crippen LogP contribution >= 0.6 is 0 Å². The Morgan fingerprint density at radius 3 is 2.40 bits per heavy atom. The van der Waals surface area contributed by atoms with Gasteiger partial charge in [-0.05, 0) is 73.0 Å². The molecule has 2 aliphatic heterocycles. The Bertz CT molecular complexity index is 1440. The highest BCUT2D eigenvalue weighted by Crippen LogP contribution is 2.36. The van der Waals surface area contributed by atoms with E-state index in [9.17, 15) is 22.4 Å². The first kappa shape index (κ1) is 23.1. The van der Waals surface area contributed by atoms with Crippen molar-refractivity contribution in [3.05, 3.63) is 88.1 Å². The van der Waals surface area contributed by atoms with Gasteiger partial charge in [-0.25, -0.2) is 12.8 Å². The second kappa shape index (κ2) is 8.84. The molecule has 3 aromatic rings. The van der Waals surface area contributed by atoms with E-state index in [1.165, 1.54) is 61.7 Å². The molecule has 2 atom stereocenters. The predicted octanol–water partition coefficient (Wildman–Crippen LogP) is 3.06. The van der Waals surface area contributed by atoms with Gasteiger partial charge in [-0.15, -0.1) is 0 Å². The largest absolute Gasteiger partial charge is 0.497 e. The van der Waals surface area contributed by atoms with Gasteiger partial charge in [-0.2, -0.15) is 0 Å². The van der Waals surface area contributed by atoms with Crippen molar-refractivity contribution in [3.63, 3.8) is 0 Å². The number of hydrogen-bond donors (Lipinski definition) is 1. The fraction of sp³-hybridized carbons (Fsp3) is 0.280. The van der Waals surface area contributed by atoms with E-state index < -0.39 is 21.4 Å². The zero-order chi connectivity index (χ0) is 24.7. The highest BCUT2D eigenvalue weighted by atomic mass is 32.2. The molecule has 5 rings (SSSR count). The van der Waals surface area contributed by atoms with Gasteiger partial charge in [-0.1, -0.05) is 0 Å². The summed E-state index contributed by atoms with van der Waals surface area (Å²) in [6, 6.07) is 14.6. The number of fused-ring (bicyclic) bond motifs is 4. The summed E-state index contributed by atoms with van der Waals surface area (Å²) < 4.78 is 48.0. The molecule has 2 aliphatic rings. The maximum Gasteiger partial charge on any atom is 0.275 e. The minimum atomic E-state index is -3.96. The van der Waals surface area contributed by atoms with E-state index in [1.54, 1.807) is 15.5 Å². The Morgan fingerprint density at radius 2 is 1.71 bits per heavy atom. The molecule has 0 saturated carbocycles. The third kappa shape index (κ3) is 4.41. The van der Waals surface area contributed by atoms with Crippen LogP contribution in [-0.2, 0) is 16.6 Å². The van der Waals surface area contributed by atoms with Crippen LogP contribution in [0.25, 0.3) is 0 Å². The minimum absolute atomic E-state index is 0.0206. The van der Waals surface area contributed by atoms with Crippen LogP contribution in [0.2, 0.25) is 0 Å². The van der Waals surface area contributed by atoms with Crippen molar-refractivity contribution in [1.29, 1.82) is 0 Å². The molecule has 0 spiro atoms. The van der Waals surface area contributed by atoms with Gasteiger partial charge in [0, 0.05) is 36.8 Å². The van der Waals surface area contributed by atoms with Crippen molar-refractivity contribution in [2.24, 2.45) is 5.92 Å². The quantitative estimate of drug-likeness (QED) is 0.584. The summed E-state index contributed by atoms with van der Waals surface area (Å²) in [5.41, 5.74) is 0.763. The Kier molecular flexibility index (Phi) is 5.84. The van der Waals surface area contributed by atoms with Crippen LogP contribution in [0.1, 0.15) is 28.4 Å². The van der Waals surface area contributed by atoms with Crippen molar-refractivity contribution in [2.75, 3.05) is 24.9 Å². The number of benzene rings is 2. The third-order valence-corrected chi connectivity index (χ3v) is 7.98. The first-order chi connectivity index (χ1) is 16.7. The van der Waals surface area contributed by atoms with Crippen LogP contribution in [0.5, 0.6) is 5.75 Å². The number of nitrogens with one attached hydrogen (secondary N) is 1. The van der Waals surface area contributed by atoms with E-state index in [-0.39, 0.29) is 28.3 Å². The molecule has 8 nitrogen and oxygen atoms in total. The van der Waals surface area contributed by atoms with E-state index >= 15 is 0 Å². The Labute approximate surface area is 202 Å². The highest BCUT2D eigenvalue weighted by Gasteiger charge is 2.37. The number of amides is 1. The highest BCUT2D eigenvalue weighted by molar-refractivity contribution is 7.92. The van der Waals surface area contributed by atoms with Gasteiger partial charge in [0.25, 0.3) is 21.5 Å². The van der Waals surface area contributed by atoms with Gasteiger partial charge in [0.2, 0.25) is 0 Å². The van der Waals surface area contributed by atoms with E-state index in [4.69, 9.17) is 4.74 Å². The van der Waals surface area contributed by atoms with Crippen LogP contribution in [-0.4, -0.2) is 44.0 Å². The van der Waals surface area contributed by atoms with E-state index in [2.05, 4.69) is 4.72 Å². The van der Waals surface area contributed by atoms with Gasteiger partial charge < -0.3 is 14.2 Å². The minimum Gasteiger partial charge on any atom is -0.497 e. The van der Waals surface area contributed by atoms with Crippen molar-refractivity contribution >= 4 is 21.6 Å².